The van der Waals surface area contributed by atoms with Gasteiger partial charge in [-0.3, -0.25) is 9.59 Å². The van der Waals surface area contributed by atoms with Gasteiger partial charge in [-0.1, -0.05) is 30.3 Å². The third-order valence-corrected chi connectivity index (χ3v) is 2.98. The fourth-order valence-corrected chi connectivity index (χ4v) is 1.86. The van der Waals surface area contributed by atoms with Gasteiger partial charge in [0.2, 0.25) is 11.8 Å². The van der Waals surface area contributed by atoms with Crippen LogP contribution in [-0.2, 0) is 15.1 Å². The number of nitrogens with one attached hydrogen (secondary N) is 2. The number of amides is 2. The number of carbonyl (C=O) groups excluding carboxylic acids is 2. The molecule has 0 aliphatic carbocycles. The summed E-state index contributed by atoms with van der Waals surface area (Å²) in [6.45, 7) is 6.36. The van der Waals surface area contributed by atoms with E-state index in [2.05, 4.69) is 17.2 Å². The standard InChI is InChI=1S/C14H16ClFN2O2/c1-4-11(19)17-8-12(20)18-14(2,3)9-6-5-7-10(15)13(9)16/h4-7H,1,8H2,2-3H3,(H,17,19)(H,18,20). The Bertz CT molecular complexity index is 544. The monoisotopic (exact) mass is 298 g/mol. The molecular formula is C14H16ClFN2O2. The van der Waals surface area contributed by atoms with E-state index in [4.69, 9.17) is 11.6 Å². The third kappa shape index (κ3) is 4.06. The van der Waals surface area contributed by atoms with Crippen molar-refractivity contribution in [1.29, 1.82) is 0 Å². The van der Waals surface area contributed by atoms with Gasteiger partial charge in [0.1, 0.15) is 5.82 Å². The lowest BCUT2D eigenvalue weighted by Gasteiger charge is -2.27. The van der Waals surface area contributed by atoms with Crippen molar-refractivity contribution in [3.8, 4) is 0 Å². The molecule has 0 aliphatic heterocycles. The zero-order valence-electron chi connectivity index (χ0n) is 11.3. The van der Waals surface area contributed by atoms with E-state index >= 15 is 0 Å². The van der Waals surface area contributed by atoms with Crippen LogP contribution < -0.4 is 10.6 Å². The summed E-state index contributed by atoms with van der Waals surface area (Å²) >= 11 is 5.72. The minimum absolute atomic E-state index is 0.00946. The molecule has 0 saturated heterocycles. The van der Waals surface area contributed by atoms with Crippen LogP contribution in [0.5, 0.6) is 0 Å². The molecule has 4 nitrogen and oxygen atoms in total. The van der Waals surface area contributed by atoms with Crippen LogP contribution in [0.2, 0.25) is 5.02 Å². The molecule has 6 heteroatoms. The Kier molecular flexibility index (Phi) is 5.27. The highest BCUT2D eigenvalue weighted by Crippen LogP contribution is 2.27. The summed E-state index contributed by atoms with van der Waals surface area (Å²) in [5, 5.41) is 4.97. The van der Waals surface area contributed by atoms with Gasteiger partial charge in [0.15, 0.2) is 0 Å². The van der Waals surface area contributed by atoms with E-state index in [0.717, 1.165) is 6.08 Å². The molecule has 0 atom stereocenters. The molecule has 0 aliphatic rings. The maximum atomic E-state index is 14.0. The van der Waals surface area contributed by atoms with Crippen molar-refractivity contribution in [1.82, 2.24) is 10.6 Å². The average molecular weight is 299 g/mol. The second-order valence-electron chi connectivity index (χ2n) is 4.70. The Morgan fingerprint density at radius 3 is 2.70 bits per heavy atom. The maximum Gasteiger partial charge on any atom is 0.243 e. The summed E-state index contributed by atoms with van der Waals surface area (Å²) in [6, 6.07) is 4.58. The van der Waals surface area contributed by atoms with Crippen molar-refractivity contribution in [3.63, 3.8) is 0 Å². The van der Waals surface area contributed by atoms with Gasteiger partial charge < -0.3 is 10.6 Å². The Labute approximate surface area is 122 Å². The van der Waals surface area contributed by atoms with Crippen LogP contribution in [0.1, 0.15) is 19.4 Å². The molecule has 0 bridgehead atoms. The first-order valence-corrected chi connectivity index (χ1v) is 6.31. The van der Waals surface area contributed by atoms with E-state index < -0.39 is 23.2 Å². The molecular weight excluding hydrogens is 283 g/mol. The molecule has 2 amide bonds. The first-order valence-electron chi connectivity index (χ1n) is 5.93. The van der Waals surface area contributed by atoms with Crippen molar-refractivity contribution < 1.29 is 14.0 Å². The van der Waals surface area contributed by atoms with Crippen LogP contribution in [0.4, 0.5) is 4.39 Å². The lowest BCUT2D eigenvalue weighted by atomic mass is 9.93. The summed E-state index contributed by atoms with van der Waals surface area (Å²) < 4.78 is 14.0. The van der Waals surface area contributed by atoms with Crippen LogP contribution in [0.3, 0.4) is 0 Å². The molecule has 0 fully saturated rings. The Balaban J connectivity index is 2.79. The van der Waals surface area contributed by atoms with Crippen LogP contribution in [0.25, 0.3) is 0 Å². The van der Waals surface area contributed by atoms with Crippen LogP contribution in [0, 0.1) is 5.82 Å². The van der Waals surface area contributed by atoms with Gasteiger partial charge in [-0.2, -0.15) is 0 Å². The summed E-state index contributed by atoms with van der Waals surface area (Å²) in [4.78, 5) is 22.7. The number of hydrogen-bond acceptors (Lipinski definition) is 2. The van der Waals surface area contributed by atoms with Crippen molar-refractivity contribution in [2.45, 2.75) is 19.4 Å². The van der Waals surface area contributed by atoms with Crippen molar-refractivity contribution in [3.05, 3.63) is 47.3 Å². The smallest absolute Gasteiger partial charge is 0.243 e. The van der Waals surface area contributed by atoms with Crippen LogP contribution >= 0.6 is 11.6 Å². The largest absolute Gasteiger partial charge is 0.346 e. The molecule has 0 unspecified atom stereocenters. The topological polar surface area (TPSA) is 58.2 Å². The van der Waals surface area contributed by atoms with E-state index in [1.807, 2.05) is 0 Å². The second-order valence-corrected chi connectivity index (χ2v) is 5.10. The lowest BCUT2D eigenvalue weighted by Crippen LogP contribution is -2.46. The van der Waals surface area contributed by atoms with E-state index in [0.29, 0.717) is 0 Å². The minimum Gasteiger partial charge on any atom is -0.346 e. The highest BCUT2D eigenvalue weighted by molar-refractivity contribution is 6.30. The third-order valence-electron chi connectivity index (χ3n) is 2.69. The zero-order valence-corrected chi connectivity index (χ0v) is 12.1. The van der Waals surface area contributed by atoms with Gasteiger partial charge in [-0.15, -0.1) is 0 Å². The first kappa shape index (κ1) is 16.2. The predicted octanol–water partition coefficient (Wildman–Crippen LogP) is 2.13. The number of rotatable bonds is 5. The summed E-state index contributed by atoms with van der Waals surface area (Å²) in [5.41, 5.74) is -0.682. The summed E-state index contributed by atoms with van der Waals surface area (Å²) in [6.07, 6.45) is 1.06. The molecule has 0 saturated carbocycles. The van der Waals surface area contributed by atoms with Crippen molar-refractivity contribution >= 4 is 23.4 Å². The summed E-state index contributed by atoms with van der Waals surface area (Å²) in [7, 11) is 0. The van der Waals surface area contributed by atoms with Crippen molar-refractivity contribution in [2.75, 3.05) is 6.54 Å². The second kappa shape index (κ2) is 6.52. The summed E-state index contributed by atoms with van der Waals surface area (Å²) in [5.74, 6) is -1.47. The minimum atomic E-state index is -0.953. The Morgan fingerprint density at radius 1 is 1.45 bits per heavy atom. The number of halogens is 2. The van der Waals surface area contributed by atoms with Gasteiger partial charge >= 0.3 is 0 Å². The van der Waals surface area contributed by atoms with Gasteiger partial charge in [-0.05, 0) is 26.0 Å². The fourth-order valence-electron chi connectivity index (χ4n) is 1.69. The van der Waals surface area contributed by atoms with Gasteiger partial charge in [0.05, 0.1) is 17.1 Å². The number of hydrogen-bond donors (Lipinski definition) is 2. The van der Waals surface area contributed by atoms with Crippen molar-refractivity contribution in [2.24, 2.45) is 0 Å². The molecule has 0 radical (unpaired) electrons. The molecule has 0 aromatic heterocycles. The quantitative estimate of drug-likeness (QED) is 0.818. The van der Waals surface area contributed by atoms with E-state index in [1.54, 1.807) is 26.0 Å². The van der Waals surface area contributed by atoms with Crippen LogP contribution in [0.15, 0.2) is 30.9 Å². The molecule has 1 aromatic rings. The highest BCUT2D eigenvalue weighted by atomic mass is 35.5. The predicted molar refractivity (Wildman–Crippen MR) is 75.8 cm³/mol. The average Bonchev–Trinajstić information content (AvgIpc) is 2.38. The van der Waals surface area contributed by atoms with E-state index in [1.165, 1.54) is 6.07 Å². The Morgan fingerprint density at radius 2 is 2.10 bits per heavy atom. The fraction of sp³-hybridized carbons (Fsp3) is 0.286. The SMILES string of the molecule is C=CC(=O)NCC(=O)NC(C)(C)c1cccc(Cl)c1F. The number of benzene rings is 1. The molecule has 108 valence electrons. The Hall–Kier alpha value is -1.88. The molecule has 0 spiro atoms. The molecule has 1 aromatic carbocycles. The maximum absolute atomic E-state index is 14.0. The van der Waals surface area contributed by atoms with Gasteiger partial charge in [0.25, 0.3) is 0 Å². The molecule has 2 N–H and O–H groups in total. The lowest BCUT2D eigenvalue weighted by molar-refractivity contribution is -0.125. The highest BCUT2D eigenvalue weighted by Gasteiger charge is 2.26. The van der Waals surface area contributed by atoms with Crippen LogP contribution in [-0.4, -0.2) is 18.4 Å². The normalized spacial score (nSPS) is 10.8. The van der Waals surface area contributed by atoms with E-state index in [-0.39, 0.29) is 17.1 Å². The molecule has 1 rings (SSSR count). The molecule has 0 heterocycles. The molecule has 20 heavy (non-hydrogen) atoms. The van der Waals surface area contributed by atoms with E-state index in [9.17, 15) is 14.0 Å². The zero-order chi connectivity index (χ0) is 15.3. The van der Waals surface area contributed by atoms with Gasteiger partial charge in [-0.25, -0.2) is 4.39 Å². The number of carbonyl (C=O) groups is 2. The first-order chi connectivity index (χ1) is 9.27. The van der Waals surface area contributed by atoms with Gasteiger partial charge in [0, 0.05) is 5.56 Å².